The van der Waals surface area contributed by atoms with Gasteiger partial charge >= 0.3 is 0 Å². The molecule has 0 spiro atoms. The SMILES string of the molecule is CCc1cnc(N[C@@H]2CCC[C@](C)(NCc3ccc(N)cn3)C2)nc1-c1c2ccccc2nn1COCC[Si](C)(C)C. The summed E-state index contributed by atoms with van der Waals surface area (Å²) in [5, 5.41) is 13.4. The highest BCUT2D eigenvalue weighted by Crippen LogP contribution is 2.33. The molecule has 10 heteroatoms. The number of ether oxygens (including phenoxy) is 1. The molecule has 1 saturated carbocycles. The second kappa shape index (κ2) is 12.9. The predicted octanol–water partition coefficient (Wildman–Crippen LogP) is 6.25. The third-order valence-electron chi connectivity index (χ3n) is 8.18. The normalized spacial score (nSPS) is 19.3. The first-order valence-electron chi connectivity index (χ1n) is 15.2. The van der Waals surface area contributed by atoms with E-state index in [2.05, 4.69) is 67.3 Å². The van der Waals surface area contributed by atoms with Crippen LogP contribution >= 0.6 is 0 Å². The molecule has 3 aromatic heterocycles. The van der Waals surface area contributed by atoms with Gasteiger partial charge in [-0.25, -0.2) is 14.6 Å². The summed E-state index contributed by atoms with van der Waals surface area (Å²) >= 11 is 0. The monoisotopic (exact) mass is 586 g/mol. The van der Waals surface area contributed by atoms with Crippen LogP contribution in [0.5, 0.6) is 0 Å². The lowest BCUT2D eigenvalue weighted by molar-refractivity contribution is 0.0802. The van der Waals surface area contributed by atoms with Crippen molar-refractivity contribution in [3.05, 3.63) is 60.0 Å². The first-order valence-corrected chi connectivity index (χ1v) is 18.9. The molecular formula is C32H46N8OSi. The average Bonchev–Trinajstić information content (AvgIpc) is 3.33. The molecule has 5 rings (SSSR count). The maximum atomic E-state index is 6.15. The second-order valence-electron chi connectivity index (χ2n) is 13.1. The summed E-state index contributed by atoms with van der Waals surface area (Å²) in [4.78, 5) is 14.3. The molecule has 1 aromatic carbocycles. The summed E-state index contributed by atoms with van der Waals surface area (Å²) in [5.41, 5.74) is 11.4. The molecule has 1 fully saturated rings. The fourth-order valence-electron chi connectivity index (χ4n) is 5.69. The number of nitrogens with two attached hydrogens (primary N) is 1. The van der Waals surface area contributed by atoms with E-state index in [1.54, 1.807) is 6.20 Å². The van der Waals surface area contributed by atoms with Gasteiger partial charge in [0.05, 0.1) is 34.5 Å². The minimum Gasteiger partial charge on any atom is -0.397 e. The molecule has 0 amide bonds. The zero-order valence-electron chi connectivity index (χ0n) is 25.8. The number of nitrogen functional groups attached to an aromatic ring is 1. The first kappa shape index (κ1) is 30.1. The van der Waals surface area contributed by atoms with Crippen LogP contribution in [0.3, 0.4) is 0 Å². The second-order valence-corrected chi connectivity index (χ2v) is 18.7. The lowest BCUT2D eigenvalue weighted by atomic mass is 9.80. The topological polar surface area (TPSA) is 116 Å². The van der Waals surface area contributed by atoms with Crippen LogP contribution in [0.15, 0.2) is 48.8 Å². The van der Waals surface area contributed by atoms with Gasteiger partial charge in [-0.1, -0.05) is 44.8 Å². The summed E-state index contributed by atoms with van der Waals surface area (Å²) in [5.74, 6) is 0.660. The molecule has 0 radical (unpaired) electrons. The fourth-order valence-corrected chi connectivity index (χ4v) is 6.45. The lowest BCUT2D eigenvalue weighted by Crippen LogP contribution is -2.48. The molecular weight excluding hydrogens is 540 g/mol. The smallest absolute Gasteiger partial charge is 0.223 e. The molecule has 1 aliphatic rings. The van der Waals surface area contributed by atoms with E-state index in [1.807, 2.05) is 29.1 Å². The number of nitrogens with one attached hydrogen (secondary N) is 2. The third kappa shape index (κ3) is 7.53. The van der Waals surface area contributed by atoms with Crippen molar-refractivity contribution in [1.82, 2.24) is 30.0 Å². The van der Waals surface area contributed by atoms with Crippen LogP contribution in [0.25, 0.3) is 22.3 Å². The van der Waals surface area contributed by atoms with Gasteiger partial charge in [-0.2, -0.15) is 5.10 Å². The summed E-state index contributed by atoms with van der Waals surface area (Å²) in [7, 11) is -1.18. The maximum Gasteiger partial charge on any atom is 0.223 e. The van der Waals surface area contributed by atoms with Crippen LogP contribution < -0.4 is 16.4 Å². The van der Waals surface area contributed by atoms with Crippen molar-refractivity contribution in [3.63, 3.8) is 0 Å². The first-order chi connectivity index (χ1) is 20.1. The highest BCUT2D eigenvalue weighted by atomic mass is 28.3. The highest BCUT2D eigenvalue weighted by molar-refractivity contribution is 6.76. The molecule has 0 aliphatic heterocycles. The molecule has 4 N–H and O–H groups in total. The van der Waals surface area contributed by atoms with Crippen molar-refractivity contribution >= 4 is 30.6 Å². The van der Waals surface area contributed by atoms with Gasteiger partial charge in [-0.15, -0.1) is 0 Å². The zero-order valence-corrected chi connectivity index (χ0v) is 26.8. The zero-order chi connectivity index (χ0) is 29.7. The van der Waals surface area contributed by atoms with Crippen molar-refractivity contribution in [1.29, 1.82) is 0 Å². The van der Waals surface area contributed by atoms with Crippen molar-refractivity contribution in [3.8, 4) is 11.4 Å². The van der Waals surface area contributed by atoms with Gasteiger partial charge in [-0.3, -0.25) is 4.98 Å². The van der Waals surface area contributed by atoms with E-state index in [1.165, 1.54) is 0 Å². The van der Waals surface area contributed by atoms with Crippen LogP contribution in [0.2, 0.25) is 25.7 Å². The van der Waals surface area contributed by atoms with E-state index >= 15 is 0 Å². The van der Waals surface area contributed by atoms with Gasteiger partial charge in [0.15, 0.2) is 0 Å². The molecule has 0 saturated heterocycles. The molecule has 0 unspecified atom stereocenters. The molecule has 1 aliphatic carbocycles. The number of nitrogens with zero attached hydrogens (tertiary/aromatic N) is 5. The van der Waals surface area contributed by atoms with Crippen LogP contribution in [-0.4, -0.2) is 51.0 Å². The number of pyridine rings is 1. The largest absolute Gasteiger partial charge is 0.397 e. The Balaban J connectivity index is 1.35. The number of fused-ring (bicyclic) bond motifs is 1. The third-order valence-corrected chi connectivity index (χ3v) is 9.88. The number of rotatable bonds is 12. The Kier molecular flexibility index (Phi) is 9.24. The lowest BCUT2D eigenvalue weighted by Gasteiger charge is -2.39. The van der Waals surface area contributed by atoms with Gasteiger partial charge in [0.1, 0.15) is 6.73 Å². The van der Waals surface area contributed by atoms with Gasteiger partial charge < -0.3 is 21.1 Å². The summed E-state index contributed by atoms with van der Waals surface area (Å²) < 4.78 is 8.13. The van der Waals surface area contributed by atoms with E-state index in [-0.39, 0.29) is 11.6 Å². The standard InChI is InChI=1S/C32H46N8OSi/c1-6-23-19-35-31(37-25-10-9-15-32(2,18-25)36-21-26-14-13-24(33)20-34-26)38-29(23)30-27-11-7-8-12-28(27)39-40(30)22-41-16-17-42(3,4)5/h7-8,11-14,19-20,25,36H,6,9-10,15-18,21-22,33H2,1-5H3,(H,35,37,38)/t25-,32+/m1/s1. The average molecular weight is 587 g/mol. The van der Waals surface area contributed by atoms with Crippen molar-refractivity contribution in [2.24, 2.45) is 0 Å². The van der Waals surface area contributed by atoms with E-state index in [0.717, 1.165) is 78.3 Å². The minimum absolute atomic E-state index is 0.00670. The van der Waals surface area contributed by atoms with E-state index in [0.29, 0.717) is 24.9 Å². The van der Waals surface area contributed by atoms with E-state index in [9.17, 15) is 0 Å². The molecule has 4 aromatic rings. The van der Waals surface area contributed by atoms with Gasteiger partial charge in [-0.05, 0) is 68.8 Å². The fraction of sp³-hybridized carbons (Fsp3) is 0.500. The summed E-state index contributed by atoms with van der Waals surface area (Å²) in [6, 6.07) is 13.5. The molecule has 42 heavy (non-hydrogen) atoms. The quantitative estimate of drug-likeness (QED) is 0.132. The Morgan fingerprint density at radius 2 is 1.95 bits per heavy atom. The van der Waals surface area contributed by atoms with Crippen molar-refractivity contribution in [2.45, 2.75) is 96.5 Å². The number of hydrogen-bond donors (Lipinski definition) is 3. The van der Waals surface area contributed by atoms with Gasteiger partial charge in [0.25, 0.3) is 0 Å². The molecule has 0 bridgehead atoms. The Hall–Kier alpha value is -3.34. The number of benzene rings is 1. The Morgan fingerprint density at radius 3 is 2.71 bits per heavy atom. The van der Waals surface area contributed by atoms with Gasteiger partial charge in [0.2, 0.25) is 5.95 Å². The van der Waals surface area contributed by atoms with E-state index in [4.69, 9.17) is 25.5 Å². The number of aryl methyl sites for hydroxylation is 1. The van der Waals surface area contributed by atoms with Crippen LogP contribution in [-0.2, 0) is 24.4 Å². The van der Waals surface area contributed by atoms with Crippen molar-refractivity contribution < 1.29 is 4.74 Å². The van der Waals surface area contributed by atoms with Crippen LogP contribution in [0, 0.1) is 0 Å². The predicted molar refractivity (Wildman–Crippen MR) is 174 cm³/mol. The highest BCUT2D eigenvalue weighted by Gasteiger charge is 2.32. The maximum absolute atomic E-state index is 6.15. The Bertz CT molecular complexity index is 1480. The van der Waals surface area contributed by atoms with Gasteiger partial charge in [0, 0.05) is 44.4 Å². The Labute approximate surface area is 250 Å². The van der Waals surface area contributed by atoms with Crippen molar-refractivity contribution in [2.75, 3.05) is 17.7 Å². The Morgan fingerprint density at radius 1 is 1.12 bits per heavy atom. The number of anilines is 2. The van der Waals surface area contributed by atoms with Crippen LogP contribution in [0.4, 0.5) is 11.6 Å². The number of hydrogen-bond acceptors (Lipinski definition) is 8. The summed E-state index contributed by atoms with van der Waals surface area (Å²) in [6.45, 7) is 13.4. The molecule has 2 atom stereocenters. The van der Waals surface area contributed by atoms with Crippen LogP contribution in [0.1, 0.15) is 50.8 Å². The summed E-state index contributed by atoms with van der Waals surface area (Å²) in [6.07, 6.45) is 8.81. The number of aromatic nitrogens is 5. The molecule has 9 nitrogen and oxygen atoms in total. The molecule has 224 valence electrons. The minimum atomic E-state index is -1.18. The molecule has 3 heterocycles. The van der Waals surface area contributed by atoms with E-state index < -0.39 is 8.07 Å².